The highest BCUT2D eigenvalue weighted by atomic mass is 16.5. The number of hydrogen-bond donors (Lipinski definition) is 0. The molecule has 6 nitrogen and oxygen atoms in total. The molecule has 0 amide bonds. The van der Waals surface area contributed by atoms with Crippen molar-refractivity contribution in [3.63, 3.8) is 0 Å². The van der Waals surface area contributed by atoms with Gasteiger partial charge in [0, 0.05) is 0 Å². The van der Waals surface area contributed by atoms with E-state index in [-0.39, 0.29) is 25.6 Å². The first-order valence-corrected chi connectivity index (χ1v) is 8.56. The smallest absolute Gasteiger partial charge is 0.310 e. The summed E-state index contributed by atoms with van der Waals surface area (Å²) in [6.07, 6.45) is 2.99. The summed E-state index contributed by atoms with van der Waals surface area (Å²) in [7, 11) is 1.28. The van der Waals surface area contributed by atoms with Crippen molar-refractivity contribution < 1.29 is 28.6 Å². The summed E-state index contributed by atoms with van der Waals surface area (Å²) < 4.78 is 15.0. The van der Waals surface area contributed by atoms with E-state index in [1.54, 1.807) is 0 Å². The maximum Gasteiger partial charge on any atom is 0.310 e. The predicted octanol–water partition coefficient (Wildman–Crippen LogP) is 2.64. The van der Waals surface area contributed by atoms with Crippen LogP contribution in [0.15, 0.2) is 30.3 Å². The zero-order valence-electron chi connectivity index (χ0n) is 14.4. The van der Waals surface area contributed by atoms with E-state index < -0.39 is 23.8 Å². The first-order chi connectivity index (χ1) is 12.1. The molecule has 1 aromatic rings. The van der Waals surface area contributed by atoms with Gasteiger partial charge in [0.15, 0.2) is 0 Å². The van der Waals surface area contributed by atoms with Crippen LogP contribution >= 0.6 is 0 Å². The molecule has 1 saturated carbocycles. The van der Waals surface area contributed by atoms with Crippen LogP contribution in [0.25, 0.3) is 0 Å². The Morgan fingerprint density at radius 3 is 2.16 bits per heavy atom. The van der Waals surface area contributed by atoms with Gasteiger partial charge < -0.3 is 14.2 Å². The minimum absolute atomic E-state index is 0.0120. The molecule has 0 bridgehead atoms. The third kappa shape index (κ3) is 5.89. The Labute approximate surface area is 147 Å². The fourth-order valence-electron chi connectivity index (χ4n) is 2.97. The van der Waals surface area contributed by atoms with Gasteiger partial charge in [-0.3, -0.25) is 14.4 Å². The van der Waals surface area contributed by atoms with Gasteiger partial charge in [0.25, 0.3) is 0 Å². The molecule has 0 N–H and O–H groups in total. The van der Waals surface area contributed by atoms with Crippen LogP contribution in [0.3, 0.4) is 0 Å². The lowest BCUT2D eigenvalue weighted by Gasteiger charge is -2.28. The van der Waals surface area contributed by atoms with Gasteiger partial charge in [0.2, 0.25) is 0 Å². The van der Waals surface area contributed by atoms with E-state index in [1.807, 2.05) is 30.3 Å². The summed E-state index contributed by atoms with van der Waals surface area (Å²) in [5.74, 6) is -2.23. The number of rotatable bonds is 7. The molecular formula is C19H24O6. The van der Waals surface area contributed by atoms with Gasteiger partial charge >= 0.3 is 17.9 Å². The minimum atomic E-state index is -0.505. The average Bonchev–Trinajstić information content (AvgIpc) is 2.66. The summed E-state index contributed by atoms with van der Waals surface area (Å²) in [6.45, 7) is 0.161. The molecule has 1 fully saturated rings. The largest absolute Gasteiger partial charge is 0.469 e. The zero-order valence-corrected chi connectivity index (χ0v) is 14.4. The molecule has 0 heterocycles. The molecule has 0 unspecified atom stereocenters. The number of hydrogen-bond acceptors (Lipinski definition) is 6. The fraction of sp³-hybridized carbons (Fsp3) is 0.526. The van der Waals surface area contributed by atoms with Crippen molar-refractivity contribution in [1.29, 1.82) is 0 Å². The maximum absolute atomic E-state index is 12.4. The summed E-state index contributed by atoms with van der Waals surface area (Å²) in [6, 6.07) is 9.42. The first kappa shape index (κ1) is 19.0. The normalized spacial score (nSPS) is 19.7. The number of ether oxygens (including phenoxy) is 3. The van der Waals surface area contributed by atoms with Crippen molar-refractivity contribution in [2.24, 2.45) is 11.8 Å². The third-order valence-electron chi connectivity index (χ3n) is 4.37. The minimum Gasteiger partial charge on any atom is -0.469 e. The van der Waals surface area contributed by atoms with Crippen molar-refractivity contribution >= 4 is 17.9 Å². The molecule has 136 valence electrons. The molecule has 0 saturated heterocycles. The number of benzene rings is 1. The van der Waals surface area contributed by atoms with Crippen molar-refractivity contribution in [2.45, 2.75) is 38.7 Å². The molecule has 2 rings (SSSR count). The van der Waals surface area contributed by atoms with Gasteiger partial charge in [0.05, 0.1) is 25.4 Å². The van der Waals surface area contributed by atoms with Crippen LogP contribution < -0.4 is 0 Å². The SMILES string of the molecule is COC(=O)CCOC(=O)[C@@H]1CCCC[C@@H]1C(=O)OCc1ccccc1. The molecule has 6 heteroatoms. The van der Waals surface area contributed by atoms with Gasteiger partial charge in [-0.25, -0.2) is 0 Å². The maximum atomic E-state index is 12.4. The molecular weight excluding hydrogens is 324 g/mol. The monoisotopic (exact) mass is 348 g/mol. The number of carbonyl (C=O) groups is 3. The second-order valence-corrected chi connectivity index (χ2v) is 6.08. The van der Waals surface area contributed by atoms with E-state index in [0.717, 1.165) is 18.4 Å². The van der Waals surface area contributed by atoms with E-state index in [0.29, 0.717) is 12.8 Å². The molecule has 0 aliphatic heterocycles. The lowest BCUT2D eigenvalue weighted by Crippen LogP contribution is -2.35. The highest BCUT2D eigenvalue weighted by Gasteiger charge is 2.37. The number of esters is 3. The van der Waals surface area contributed by atoms with E-state index in [2.05, 4.69) is 4.74 Å². The van der Waals surface area contributed by atoms with E-state index in [4.69, 9.17) is 9.47 Å². The second kappa shape index (κ2) is 9.81. The van der Waals surface area contributed by atoms with Crippen molar-refractivity contribution in [3.8, 4) is 0 Å². The standard InChI is InChI=1S/C19H24O6/c1-23-17(20)11-12-24-18(21)15-9-5-6-10-16(15)19(22)25-13-14-7-3-2-4-8-14/h2-4,7-8,15-16H,5-6,9-13H2,1H3/t15-,16+/m1/s1. The van der Waals surface area contributed by atoms with Gasteiger partial charge in [-0.05, 0) is 18.4 Å². The summed E-state index contributed by atoms with van der Waals surface area (Å²) >= 11 is 0. The predicted molar refractivity (Wildman–Crippen MR) is 89.3 cm³/mol. The van der Waals surface area contributed by atoms with Crippen LogP contribution in [-0.4, -0.2) is 31.6 Å². The average molecular weight is 348 g/mol. The fourth-order valence-corrected chi connectivity index (χ4v) is 2.97. The van der Waals surface area contributed by atoms with Crippen LogP contribution in [0.5, 0.6) is 0 Å². The Hall–Kier alpha value is -2.37. The zero-order chi connectivity index (χ0) is 18.1. The summed E-state index contributed by atoms with van der Waals surface area (Å²) in [5, 5.41) is 0. The Morgan fingerprint density at radius 1 is 0.960 bits per heavy atom. The van der Waals surface area contributed by atoms with Crippen LogP contribution in [-0.2, 0) is 35.2 Å². The van der Waals surface area contributed by atoms with Crippen molar-refractivity contribution in [2.75, 3.05) is 13.7 Å². The Morgan fingerprint density at radius 2 is 1.56 bits per heavy atom. The van der Waals surface area contributed by atoms with E-state index in [1.165, 1.54) is 7.11 Å². The highest BCUT2D eigenvalue weighted by Crippen LogP contribution is 2.32. The quantitative estimate of drug-likeness (QED) is 0.557. The van der Waals surface area contributed by atoms with E-state index >= 15 is 0 Å². The van der Waals surface area contributed by atoms with Crippen LogP contribution in [0.1, 0.15) is 37.7 Å². The molecule has 1 aliphatic rings. The molecule has 25 heavy (non-hydrogen) atoms. The van der Waals surface area contributed by atoms with Gasteiger partial charge in [-0.15, -0.1) is 0 Å². The third-order valence-corrected chi connectivity index (χ3v) is 4.37. The molecule has 0 spiro atoms. The van der Waals surface area contributed by atoms with Crippen LogP contribution in [0.4, 0.5) is 0 Å². The molecule has 0 radical (unpaired) electrons. The summed E-state index contributed by atoms with van der Waals surface area (Å²) in [4.78, 5) is 35.8. The molecule has 0 aromatic heterocycles. The summed E-state index contributed by atoms with van der Waals surface area (Å²) in [5.41, 5.74) is 0.906. The Balaban J connectivity index is 1.86. The second-order valence-electron chi connectivity index (χ2n) is 6.08. The highest BCUT2D eigenvalue weighted by molar-refractivity contribution is 5.82. The Kier molecular flexibility index (Phi) is 7.44. The molecule has 1 aliphatic carbocycles. The molecule has 1 aromatic carbocycles. The Bertz CT molecular complexity index is 583. The molecule has 2 atom stereocenters. The van der Waals surface area contributed by atoms with Gasteiger partial charge in [-0.1, -0.05) is 43.2 Å². The van der Waals surface area contributed by atoms with Crippen molar-refractivity contribution in [3.05, 3.63) is 35.9 Å². The first-order valence-electron chi connectivity index (χ1n) is 8.56. The van der Waals surface area contributed by atoms with Crippen molar-refractivity contribution in [1.82, 2.24) is 0 Å². The lowest BCUT2D eigenvalue weighted by atomic mass is 9.79. The van der Waals surface area contributed by atoms with E-state index in [9.17, 15) is 14.4 Å². The van der Waals surface area contributed by atoms with Crippen LogP contribution in [0, 0.1) is 11.8 Å². The topological polar surface area (TPSA) is 78.9 Å². The van der Waals surface area contributed by atoms with Crippen LogP contribution in [0.2, 0.25) is 0 Å². The number of methoxy groups -OCH3 is 1. The number of carbonyl (C=O) groups excluding carboxylic acids is 3. The lowest BCUT2D eigenvalue weighted by molar-refractivity contribution is -0.164. The van der Waals surface area contributed by atoms with Gasteiger partial charge in [-0.2, -0.15) is 0 Å². The van der Waals surface area contributed by atoms with Gasteiger partial charge in [0.1, 0.15) is 13.2 Å².